The van der Waals surface area contributed by atoms with E-state index in [9.17, 15) is 19.7 Å². The van der Waals surface area contributed by atoms with Gasteiger partial charge < -0.3 is 4.74 Å². The number of nitro groups is 1. The Kier molecular flexibility index (Phi) is 5.79. The second-order valence-corrected chi connectivity index (χ2v) is 8.36. The quantitative estimate of drug-likeness (QED) is 0.409. The van der Waals surface area contributed by atoms with Crippen LogP contribution in [-0.2, 0) is 14.3 Å². The average Bonchev–Trinajstić information content (AvgIpc) is 2.73. The summed E-state index contributed by atoms with van der Waals surface area (Å²) >= 11 is 0. The van der Waals surface area contributed by atoms with E-state index in [-0.39, 0.29) is 17.6 Å². The number of esters is 1. The molecule has 2 aliphatic carbocycles. The SMILES string of the molecule is CC1=NC2=C(C(=O)CCC2)C(c2ccccc2[N+](=O)[O-])C1C(=O)OC1CCCCC1. The molecule has 1 aromatic carbocycles. The first-order chi connectivity index (χ1) is 14.5. The van der Waals surface area contributed by atoms with Gasteiger partial charge in [-0.3, -0.25) is 24.7 Å². The van der Waals surface area contributed by atoms with Crippen molar-refractivity contribution >= 4 is 23.2 Å². The highest BCUT2D eigenvalue weighted by Crippen LogP contribution is 2.46. The number of rotatable bonds is 4. The van der Waals surface area contributed by atoms with Crippen LogP contribution in [0, 0.1) is 16.0 Å². The maximum Gasteiger partial charge on any atom is 0.315 e. The van der Waals surface area contributed by atoms with Crippen LogP contribution in [-0.4, -0.2) is 28.5 Å². The van der Waals surface area contributed by atoms with Crippen LogP contribution in [0.2, 0.25) is 0 Å². The molecular weight excluding hydrogens is 384 g/mol. The number of nitrogens with zero attached hydrogens (tertiary/aromatic N) is 2. The van der Waals surface area contributed by atoms with Gasteiger partial charge in [-0.05, 0) is 45.4 Å². The van der Waals surface area contributed by atoms with Crippen molar-refractivity contribution in [3.63, 3.8) is 0 Å². The maximum atomic E-state index is 13.3. The molecule has 0 bridgehead atoms. The van der Waals surface area contributed by atoms with E-state index in [0.717, 1.165) is 32.1 Å². The Hall–Kier alpha value is -2.83. The first-order valence-electron chi connectivity index (χ1n) is 10.7. The minimum absolute atomic E-state index is 0.0777. The zero-order chi connectivity index (χ0) is 21.3. The van der Waals surface area contributed by atoms with Crippen LogP contribution in [0.1, 0.15) is 69.8 Å². The van der Waals surface area contributed by atoms with E-state index in [1.165, 1.54) is 6.07 Å². The van der Waals surface area contributed by atoms with Crippen LogP contribution in [0.15, 0.2) is 40.5 Å². The summed E-state index contributed by atoms with van der Waals surface area (Å²) in [6, 6.07) is 6.38. The largest absolute Gasteiger partial charge is 0.462 e. The normalized spacial score (nSPS) is 24.8. The highest BCUT2D eigenvalue weighted by molar-refractivity contribution is 6.09. The van der Waals surface area contributed by atoms with Crippen LogP contribution < -0.4 is 0 Å². The summed E-state index contributed by atoms with van der Waals surface area (Å²) in [4.78, 5) is 42.1. The van der Waals surface area contributed by atoms with Crippen molar-refractivity contribution in [1.82, 2.24) is 0 Å². The van der Waals surface area contributed by atoms with Crippen molar-refractivity contribution in [2.24, 2.45) is 10.9 Å². The van der Waals surface area contributed by atoms with E-state index in [1.54, 1.807) is 25.1 Å². The fourth-order valence-corrected chi connectivity index (χ4v) is 4.99. The number of nitro benzene ring substituents is 1. The van der Waals surface area contributed by atoms with Gasteiger partial charge in [0.25, 0.3) is 5.69 Å². The Labute approximate surface area is 175 Å². The summed E-state index contributed by atoms with van der Waals surface area (Å²) in [7, 11) is 0. The Bertz CT molecular complexity index is 943. The molecule has 0 N–H and O–H groups in total. The summed E-state index contributed by atoms with van der Waals surface area (Å²) in [5.74, 6) is -2.07. The van der Waals surface area contributed by atoms with Crippen molar-refractivity contribution in [2.75, 3.05) is 0 Å². The number of carbonyl (C=O) groups excluding carboxylic acids is 2. The van der Waals surface area contributed by atoms with Gasteiger partial charge in [0.1, 0.15) is 12.0 Å². The number of ether oxygens (including phenoxy) is 1. The number of aliphatic imine (C=N–C) groups is 1. The lowest BCUT2D eigenvalue weighted by Crippen LogP contribution is -2.39. The number of hydrogen-bond acceptors (Lipinski definition) is 6. The standard InChI is InChI=1S/C23H26N2O5/c1-14-20(23(27)30-15-8-3-2-4-9-15)21(16-10-5-6-12-18(16)25(28)29)22-17(24-14)11-7-13-19(22)26/h5-6,10,12,15,20-21H,2-4,7-9,11,13H2,1H3. The number of ketones is 1. The summed E-state index contributed by atoms with van der Waals surface area (Å²) in [5, 5.41) is 11.7. The molecule has 1 fully saturated rings. The first-order valence-corrected chi connectivity index (χ1v) is 10.7. The predicted octanol–water partition coefficient (Wildman–Crippen LogP) is 4.65. The zero-order valence-corrected chi connectivity index (χ0v) is 17.1. The number of Topliss-reactive ketones (excluding diaryl/α,β-unsaturated/α-hetero) is 1. The smallest absolute Gasteiger partial charge is 0.315 e. The Balaban J connectivity index is 1.79. The predicted molar refractivity (Wildman–Crippen MR) is 111 cm³/mol. The molecule has 0 amide bonds. The monoisotopic (exact) mass is 410 g/mol. The fourth-order valence-electron chi connectivity index (χ4n) is 4.99. The van der Waals surface area contributed by atoms with Gasteiger partial charge in [-0.15, -0.1) is 0 Å². The maximum absolute atomic E-state index is 13.3. The van der Waals surface area contributed by atoms with Gasteiger partial charge in [-0.25, -0.2) is 0 Å². The van der Waals surface area contributed by atoms with Crippen molar-refractivity contribution in [3.8, 4) is 0 Å². The van der Waals surface area contributed by atoms with E-state index >= 15 is 0 Å². The third-order valence-corrected chi connectivity index (χ3v) is 6.39. The minimum Gasteiger partial charge on any atom is -0.462 e. The van der Waals surface area contributed by atoms with Gasteiger partial charge in [0.2, 0.25) is 0 Å². The number of para-hydroxylation sites is 1. The molecule has 0 radical (unpaired) electrons. The van der Waals surface area contributed by atoms with E-state index in [1.807, 2.05) is 0 Å². The molecule has 4 rings (SSSR count). The molecule has 1 saturated carbocycles. The molecule has 2 atom stereocenters. The molecule has 0 aromatic heterocycles. The summed E-state index contributed by atoms with van der Waals surface area (Å²) in [6.07, 6.45) is 6.43. The van der Waals surface area contributed by atoms with E-state index < -0.39 is 22.7 Å². The third-order valence-electron chi connectivity index (χ3n) is 6.39. The molecule has 0 spiro atoms. The third kappa shape index (κ3) is 3.80. The van der Waals surface area contributed by atoms with Gasteiger partial charge >= 0.3 is 5.97 Å². The Morgan fingerprint density at radius 3 is 2.60 bits per heavy atom. The first kappa shape index (κ1) is 20.4. The molecule has 3 aliphatic rings. The number of hydrogen-bond donors (Lipinski definition) is 0. The zero-order valence-electron chi connectivity index (χ0n) is 17.1. The van der Waals surface area contributed by atoms with E-state index in [0.29, 0.717) is 41.8 Å². The summed E-state index contributed by atoms with van der Waals surface area (Å²) in [6.45, 7) is 1.76. The van der Waals surface area contributed by atoms with E-state index in [4.69, 9.17) is 4.74 Å². The Morgan fingerprint density at radius 1 is 1.13 bits per heavy atom. The molecule has 1 aliphatic heterocycles. The van der Waals surface area contributed by atoms with Crippen molar-refractivity contribution in [2.45, 2.75) is 70.3 Å². The lowest BCUT2D eigenvalue weighted by molar-refractivity contribution is -0.385. The minimum atomic E-state index is -0.825. The molecule has 1 aromatic rings. The van der Waals surface area contributed by atoms with Crippen molar-refractivity contribution in [1.29, 1.82) is 0 Å². The lowest BCUT2D eigenvalue weighted by Gasteiger charge is -2.35. The van der Waals surface area contributed by atoms with Crippen LogP contribution in [0.3, 0.4) is 0 Å². The van der Waals surface area contributed by atoms with Crippen molar-refractivity contribution < 1.29 is 19.2 Å². The van der Waals surface area contributed by atoms with Crippen LogP contribution in [0.25, 0.3) is 0 Å². The second-order valence-electron chi connectivity index (χ2n) is 8.36. The van der Waals surface area contributed by atoms with Gasteiger partial charge in [0.15, 0.2) is 5.78 Å². The molecule has 2 unspecified atom stereocenters. The second kappa shape index (κ2) is 8.50. The molecule has 1 heterocycles. The number of carbonyl (C=O) groups is 2. The topological polar surface area (TPSA) is 98.9 Å². The molecule has 7 heteroatoms. The molecule has 30 heavy (non-hydrogen) atoms. The van der Waals surface area contributed by atoms with Gasteiger partial charge in [-0.2, -0.15) is 0 Å². The fraction of sp³-hybridized carbons (Fsp3) is 0.522. The highest BCUT2D eigenvalue weighted by Gasteiger charge is 2.45. The number of benzene rings is 1. The highest BCUT2D eigenvalue weighted by atomic mass is 16.6. The molecule has 0 saturated heterocycles. The van der Waals surface area contributed by atoms with Crippen LogP contribution in [0.5, 0.6) is 0 Å². The van der Waals surface area contributed by atoms with Gasteiger partial charge in [0.05, 0.1) is 4.92 Å². The van der Waals surface area contributed by atoms with Gasteiger partial charge in [0, 0.05) is 41.0 Å². The Morgan fingerprint density at radius 2 is 1.87 bits per heavy atom. The van der Waals surface area contributed by atoms with Crippen LogP contribution >= 0.6 is 0 Å². The number of allylic oxidation sites excluding steroid dienone is 2. The molecule has 7 nitrogen and oxygen atoms in total. The van der Waals surface area contributed by atoms with Crippen LogP contribution in [0.4, 0.5) is 5.69 Å². The van der Waals surface area contributed by atoms with Gasteiger partial charge in [-0.1, -0.05) is 24.6 Å². The average molecular weight is 410 g/mol. The lowest BCUT2D eigenvalue weighted by atomic mass is 9.71. The molecule has 158 valence electrons. The molecular formula is C23H26N2O5. The van der Waals surface area contributed by atoms with Crippen molar-refractivity contribution in [3.05, 3.63) is 51.2 Å². The van der Waals surface area contributed by atoms with E-state index in [2.05, 4.69) is 4.99 Å². The summed E-state index contributed by atoms with van der Waals surface area (Å²) in [5.41, 5.74) is 1.97. The summed E-state index contributed by atoms with van der Waals surface area (Å²) < 4.78 is 5.84.